The third-order valence-electron chi connectivity index (χ3n) is 3.30. The van der Waals surface area contributed by atoms with Gasteiger partial charge in [0.2, 0.25) is 0 Å². The molecule has 0 aliphatic carbocycles. The highest BCUT2D eigenvalue weighted by molar-refractivity contribution is 5.97. The normalized spacial score (nSPS) is 14.1. The predicted octanol–water partition coefficient (Wildman–Crippen LogP) is 2.50. The van der Waals surface area contributed by atoms with Crippen molar-refractivity contribution in [2.75, 3.05) is 6.54 Å². The van der Waals surface area contributed by atoms with Gasteiger partial charge in [0.15, 0.2) is 0 Å². The van der Waals surface area contributed by atoms with E-state index in [1.54, 1.807) is 6.92 Å². The van der Waals surface area contributed by atoms with Crippen LogP contribution >= 0.6 is 0 Å². The Hall–Kier alpha value is -1.35. The minimum atomic E-state index is -0.845. The Morgan fingerprint density at radius 3 is 2.22 bits per heavy atom. The van der Waals surface area contributed by atoms with Crippen LogP contribution in [-0.2, 0) is 0 Å². The summed E-state index contributed by atoms with van der Waals surface area (Å²) in [6, 6.07) is 4.00. The number of rotatable bonds is 4. The standard InChI is InChI=1S/C15H23NO2/c1-6-15(5,18)9-16-14(17)13-11(3)7-10(2)8-12(13)4/h7-8,18H,6,9H2,1-5H3,(H,16,17). The fourth-order valence-corrected chi connectivity index (χ4v) is 2.02. The molecule has 1 aromatic rings. The van der Waals surface area contributed by atoms with Gasteiger partial charge in [-0.05, 0) is 45.2 Å². The van der Waals surface area contributed by atoms with E-state index in [1.165, 1.54) is 0 Å². The maximum absolute atomic E-state index is 12.1. The summed E-state index contributed by atoms with van der Waals surface area (Å²) in [4.78, 5) is 12.1. The Bertz CT molecular complexity index is 427. The SMILES string of the molecule is CCC(C)(O)CNC(=O)c1c(C)cc(C)cc1C. The van der Waals surface area contributed by atoms with Gasteiger partial charge in [-0.25, -0.2) is 0 Å². The number of benzene rings is 1. The molecule has 0 heterocycles. The van der Waals surface area contributed by atoms with E-state index in [2.05, 4.69) is 5.32 Å². The van der Waals surface area contributed by atoms with Gasteiger partial charge in [-0.15, -0.1) is 0 Å². The van der Waals surface area contributed by atoms with Crippen LogP contribution in [0.1, 0.15) is 47.3 Å². The van der Waals surface area contributed by atoms with E-state index in [-0.39, 0.29) is 12.5 Å². The van der Waals surface area contributed by atoms with Gasteiger partial charge in [0.1, 0.15) is 0 Å². The Morgan fingerprint density at radius 1 is 1.28 bits per heavy atom. The lowest BCUT2D eigenvalue weighted by molar-refractivity contribution is 0.0518. The summed E-state index contributed by atoms with van der Waals surface area (Å²) in [7, 11) is 0. The van der Waals surface area contributed by atoms with Crippen LogP contribution in [0.4, 0.5) is 0 Å². The monoisotopic (exact) mass is 249 g/mol. The van der Waals surface area contributed by atoms with Crippen LogP contribution in [0, 0.1) is 20.8 Å². The summed E-state index contributed by atoms with van der Waals surface area (Å²) in [5.41, 5.74) is 2.97. The van der Waals surface area contributed by atoms with Gasteiger partial charge in [-0.3, -0.25) is 4.79 Å². The second kappa shape index (κ2) is 5.53. The smallest absolute Gasteiger partial charge is 0.251 e. The first-order valence-electron chi connectivity index (χ1n) is 6.35. The Balaban J connectivity index is 2.86. The van der Waals surface area contributed by atoms with Crippen molar-refractivity contribution in [3.05, 3.63) is 34.4 Å². The third-order valence-corrected chi connectivity index (χ3v) is 3.30. The van der Waals surface area contributed by atoms with Crippen LogP contribution in [0.15, 0.2) is 12.1 Å². The number of aliphatic hydroxyl groups is 1. The maximum atomic E-state index is 12.1. The zero-order valence-corrected chi connectivity index (χ0v) is 11.9. The van der Waals surface area contributed by atoms with Crippen molar-refractivity contribution in [1.29, 1.82) is 0 Å². The number of carbonyl (C=O) groups is 1. The molecular weight excluding hydrogens is 226 g/mol. The first-order chi connectivity index (χ1) is 8.26. The van der Waals surface area contributed by atoms with Crippen molar-refractivity contribution in [3.63, 3.8) is 0 Å². The molecule has 0 aromatic heterocycles. The molecule has 0 spiro atoms. The van der Waals surface area contributed by atoms with Gasteiger partial charge in [-0.2, -0.15) is 0 Å². The van der Waals surface area contributed by atoms with E-state index < -0.39 is 5.60 Å². The first kappa shape index (κ1) is 14.7. The van der Waals surface area contributed by atoms with Gasteiger partial charge < -0.3 is 10.4 Å². The zero-order chi connectivity index (χ0) is 13.9. The van der Waals surface area contributed by atoms with Crippen molar-refractivity contribution in [2.45, 2.75) is 46.6 Å². The lowest BCUT2D eigenvalue weighted by atomic mass is 9.98. The minimum absolute atomic E-state index is 0.112. The lowest BCUT2D eigenvalue weighted by Gasteiger charge is -2.22. The molecule has 0 aliphatic rings. The van der Waals surface area contributed by atoms with Gasteiger partial charge >= 0.3 is 0 Å². The number of aryl methyl sites for hydroxylation is 3. The maximum Gasteiger partial charge on any atom is 0.251 e. The molecule has 0 bridgehead atoms. The van der Waals surface area contributed by atoms with Crippen molar-refractivity contribution in [3.8, 4) is 0 Å². The molecule has 100 valence electrons. The van der Waals surface area contributed by atoms with Crippen LogP contribution in [0.2, 0.25) is 0 Å². The zero-order valence-electron chi connectivity index (χ0n) is 11.9. The van der Waals surface area contributed by atoms with E-state index >= 15 is 0 Å². The summed E-state index contributed by atoms with van der Waals surface area (Å²) in [5.74, 6) is -0.112. The second-order valence-electron chi connectivity index (χ2n) is 5.31. The van der Waals surface area contributed by atoms with Gasteiger partial charge in [0.05, 0.1) is 5.60 Å². The number of amides is 1. The Morgan fingerprint density at radius 2 is 1.78 bits per heavy atom. The highest BCUT2D eigenvalue weighted by Gasteiger charge is 2.20. The lowest BCUT2D eigenvalue weighted by Crippen LogP contribution is -2.40. The van der Waals surface area contributed by atoms with Crippen LogP contribution in [0.5, 0.6) is 0 Å². The highest BCUT2D eigenvalue weighted by atomic mass is 16.3. The molecule has 0 radical (unpaired) electrons. The van der Waals surface area contributed by atoms with Crippen molar-refractivity contribution in [1.82, 2.24) is 5.32 Å². The molecule has 0 saturated carbocycles. The summed E-state index contributed by atoms with van der Waals surface area (Å²) in [5, 5.41) is 12.7. The number of carbonyl (C=O) groups excluding carboxylic acids is 1. The van der Waals surface area contributed by atoms with E-state index in [1.807, 2.05) is 39.8 Å². The fourth-order valence-electron chi connectivity index (χ4n) is 2.02. The first-order valence-corrected chi connectivity index (χ1v) is 6.35. The largest absolute Gasteiger partial charge is 0.388 e. The predicted molar refractivity (Wildman–Crippen MR) is 73.9 cm³/mol. The van der Waals surface area contributed by atoms with E-state index in [0.29, 0.717) is 12.0 Å². The van der Waals surface area contributed by atoms with Crippen molar-refractivity contribution in [2.24, 2.45) is 0 Å². The molecule has 1 amide bonds. The van der Waals surface area contributed by atoms with Gasteiger partial charge in [0.25, 0.3) is 5.91 Å². The average molecular weight is 249 g/mol. The van der Waals surface area contributed by atoms with E-state index in [0.717, 1.165) is 16.7 Å². The number of hydrogen-bond acceptors (Lipinski definition) is 2. The fraction of sp³-hybridized carbons (Fsp3) is 0.533. The highest BCUT2D eigenvalue weighted by Crippen LogP contribution is 2.16. The van der Waals surface area contributed by atoms with E-state index in [4.69, 9.17) is 0 Å². The molecule has 3 heteroatoms. The van der Waals surface area contributed by atoms with Crippen LogP contribution in [-0.4, -0.2) is 23.2 Å². The summed E-state index contributed by atoms with van der Waals surface area (Å²) in [6.07, 6.45) is 0.610. The Labute approximate surface area is 109 Å². The molecule has 1 rings (SSSR count). The van der Waals surface area contributed by atoms with Crippen LogP contribution in [0.3, 0.4) is 0 Å². The van der Waals surface area contributed by atoms with Crippen LogP contribution in [0.25, 0.3) is 0 Å². The summed E-state index contributed by atoms with van der Waals surface area (Å²) >= 11 is 0. The molecule has 0 saturated heterocycles. The molecule has 0 fully saturated rings. The molecule has 3 nitrogen and oxygen atoms in total. The molecule has 1 unspecified atom stereocenters. The molecule has 1 aromatic carbocycles. The summed E-state index contributed by atoms with van der Waals surface area (Å²) in [6.45, 7) is 9.79. The number of hydrogen-bond donors (Lipinski definition) is 2. The molecule has 1 atom stereocenters. The molecular formula is C15H23NO2. The molecule has 2 N–H and O–H groups in total. The van der Waals surface area contributed by atoms with Gasteiger partial charge in [0, 0.05) is 12.1 Å². The minimum Gasteiger partial charge on any atom is -0.388 e. The van der Waals surface area contributed by atoms with Crippen molar-refractivity contribution >= 4 is 5.91 Å². The Kier molecular flexibility index (Phi) is 4.52. The number of nitrogens with one attached hydrogen (secondary N) is 1. The van der Waals surface area contributed by atoms with Crippen molar-refractivity contribution < 1.29 is 9.90 Å². The third kappa shape index (κ3) is 3.57. The molecule has 18 heavy (non-hydrogen) atoms. The second-order valence-corrected chi connectivity index (χ2v) is 5.31. The summed E-state index contributed by atoms with van der Waals surface area (Å²) < 4.78 is 0. The molecule has 0 aliphatic heterocycles. The average Bonchev–Trinajstić information content (AvgIpc) is 2.25. The quantitative estimate of drug-likeness (QED) is 0.861. The van der Waals surface area contributed by atoms with E-state index in [9.17, 15) is 9.90 Å². The van der Waals surface area contributed by atoms with Crippen LogP contribution < -0.4 is 5.32 Å². The topological polar surface area (TPSA) is 49.3 Å². The van der Waals surface area contributed by atoms with Gasteiger partial charge in [-0.1, -0.05) is 24.6 Å².